The third-order valence-electron chi connectivity index (χ3n) is 6.13. The standard InChI is InChI=1S/C27H26N8O/c1-15(32-25-24(28)16(2)33-27(29)34-25)22-12-18-8-7-11-21(19-13-30-17(3)31-14-19)23(18)26(36)35(22)20-9-5-4-6-10-20/h4-15H,28H2,1-3H3,(H3,29,32,33,34). The van der Waals surface area contributed by atoms with E-state index in [1.54, 1.807) is 23.9 Å². The minimum atomic E-state index is -0.343. The summed E-state index contributed by atoms with van der Waals surface area (Å²) in [7, 11) is 0. The Kier molecular flexibility index (Phi) is 5.81. The molecule has 0 aliphatic heterocycles. The summed E-state index contributed by atoms with van der Waals surface area (Å²) in [5.74, 6) is 1.22. The van der Waals surface area contributed by atoms with Gasteiger partial charge in [-0.15, -0.1) is 0 Å². The van der Waals surface area contributed by atoms with Gasteiger partial charge in [0.1, 0.15) is 5.82 Å². The quantitative estimate of drug-likeness (QED) is 0.342. The molecule has 36 heavy (non-hydrogen) atoms. The number of hydrogen-bond donors (Lipinski definition) is 3. The van der Waals surface area contributed by atoms with Crippen LogP contribution in [0.2, 0.25) is 0 Å². The molecule has 3 aromatic heterocycles. The van der Waals surface area contributed by atoms with Crippen LogP contribution in [0.3, 0.4) is 0 Å². The van der Waals surface area contributed by atoms with Crippen LogP contribution in [-0.2, 0) is 0 Å². The number of rotatable bonds is 5. The van der Waals surface area contributed by atoms with E-state index in [0.29, 0.717) is 28.4 Å². The van der Waals surface area contributed by atoms with Crippen molar-refractivity contribution in [1.29, 1.82) is 0 Å². The van der Waals surface area contributed by atoms with Crippen LogP contribution in [0.4, 0.5) is 17.5 Å². The maximum Gasteiger partial charge on any atom is 0.263 e. The van der Waals surface area contributed by atoms with Crippen molar-refractivity contribution in [2.24, 2.45) is 0 Å². The molecule has 0 radical (unpaired) electrons. The zero-order valence-electron chi connectivity index (χ0n) is 20.2. The topological polar surface area (TPSA) is 138 Å². The summed E-state index contributed by atoms with van der Waals surface area (Å²) in [5.41, 5.74) is 16.0. The first-order chi connectivity index (χ1) is 17.3. The van der Waals surface area contributed by atoms with Crippen molar-refractivity contribution < 1.29 is 0 Å². The lowest BCUT2D eigenvalue weighted by molar-refractivity contribution is 0.773. The summed E-state index contributed by atoms with van der Waals surface area (Å²) < 4.78 is 1.71. The molecular weight excluding hydrogens is 452 g/mol. The summed E-state index contributed by atoms with van der Waals surface area (Å²) in [5, 5.41) is 4.72. The molecule has 5 aromatic rings. The minimum absolute atomic E-state index is 0.125. The Hall–Kier alpha value is -4.79. The first-order valence-corrected chi connectivity index (χ1v) is 11.5. The van der Waals surface area contributed by atoms with Gasteiger partial charge in [-0.25, -0.2) is 15.0 Å². The monoisotopic (exact) mass is 478 g/mol. The van der Waals surface area contributed by atoms with Crippen molar-refractivity contribution >= 4 is 28.2 Å². The zero-order valence-corrected chi connectivity index (χ0v) is 20.2. The number of anilines is 3. The van der Waals surface area contributed by atoms with E-state index in [2.05, 4.69) is 25.3 Å². The Bertz CT molecular complexity index is 1630. The fourth-order valence-electron chi connectivity index (χ4n) is 4.31. The lowest BCUT2D eigenvalue weighted by Gasteiger charge is -2.23. The zero-order chi connectivity index (χ0) is 25.4. The van der Waals surface area contributed by atoms with Crippen molar-refractivity contribution in [1.82, 2.24) is 24.5 Å². The number of nitrogen functional groups attached to an aromatic ring is 2. The van der Waals surface area contributed by atoms with E-state index in [0.717, 1.165) is 27.9 Å². The van der Waals surface area contributed by atoms with Crippen LogP contribution in [0.1, 0.15) is 30.2 Å². The summed E-state index contributed by atoms with van der Waals surface area (Å²) in [6.07, 6.45) is 3.48. The van der Waals surface area contributed by atoms with Gasteiger partial charge in [0, 0.05) is 29.3 Å². The van der Waals surface area contributed by atoms with Gasteiger partial charge in [0.05, 0.1) is 22.8 Å². The maximum atomic E-state index is 14.2. The molecule has 0 saturated heterocycles. The lowest BCUT2D eigenvalue weighted by atomic mass is 9.99. The van der Waals surface area contributed by atoms with Crippen LogP contribution in [0.5, 0.6) is 0 Å². The summed E-state index contributed by atoms with van der Waals surface area (Å²) in [6.45, 7) is 5.55. The second-order valence-electron chi connectivity index (χ2n) is 8.63. The Morgan fingerprint density at radius 1 is 0.944 bits per heavy atom. The van der Waals surface area contributed by atoms with E-state index in [4.69, 9.17) is 11.5 Å². The van der Waals surface area contributed by atoms with E-state index in [-0.39, 0.29) is 17.5 Å². The van der Waals surface area contributed by atoms with Gasteiger partial charge in [-0.2, -0.15) is 4.98 Å². The molecule has 9 heteroatoms. The van der Waals surface area contributed by atoms with Crippen LogP contribution >= 0.6 is 0 Å². The number of benzene rings is 2. The Labute approximate surface area is 207 Å². The third-order valence-corrected chi connectivity index (χ3v) is 6.13. The van der Waals surface area contributed by atoms with E-state index < -0.39 is 0 Å². The Morgan fingerprint density at radius 2 is 1.67 bits per heavy atom. The SMILES string of the molecule is Cc1ncc(-c2cccc3cc(C(C)Nc4nc(N)nc(C)c4N)n(-c4ccccc4)c(=O)c23)cn1. The van der Waals surface area contributed by atoms with Gasteiger partial charge in [-0.05, 0) is 49.9 Å². The molecule has 0 saturated carbocycles. The molecule has 0 fully saturated rings. The molecule has 0 spiro atoms. The fraction of sp³-hybridized carbons (Fsp3) is 0.148. The molecule has 1 unspecified atom stereocenters. The predicted molar refractivity (Wildman–Crippen MR) is 143 cm³/mol. The molecule has 0 bridgehead atoms. The second kappa shape index (κ2) is 9.10. The Morgan fingerprint density at radius 3 is 2.39 bits per heavy atom. The normalized spacial score (nSPS) is 12.0. The number of pyridine rings is 1. The molecular formula is C27H26N8O. The minimum Gasteiger partial charge on any atom is -0.394 e. The number of nitrogens with zero attached hydrogens (tertiary/aromatic N) is 5. The molecule has 3 heterocycles. The predicted octanol–water partition coefficient (Wildman–Crippen LogP) is 4.19. The highest BCUT2D eigenvalue weighted by Crippen LogP contribution is 2.30. The number of aromatic nitrogens is 5. The van der Waals surface area contributed by atoms with E-state index >= 15 is 0 Å². The highest BCUT2D eigenvalue weighted by molar-refractivity contribution is 5.96. The van der Waals surface area contributed by atoms with Gasteiger partial charge >= 0.3 is 0 Å². The number of nitrogens with two attached hydrogens (primary N) is 2. The first kappa shape index (κ1) is 23.0. The summed E-state index contributed by atoms with van der Waals surface area (Å²) in [4.78, 5) is 31.2. The van der Waals surface area contributed by atoms with Gasteiger partial charge in [0.2, 0.25) is 5.95 Å². The highest BCUT2D eigenvalue weighted by Gasteiger charge is 2.20. The van der Waals surface area contributed by atoms with Gasteiger partial charge in [0.25, 0.3) is 5.56 Å². The van der Waals surface area contributed by atoms with Crippen molar-refractivity contribution in [2.75, 3.05) is 16.8 Å². The molecule has 5 N–H and O–H groups in total. The smallest absolute Gasteiger partial charge is 0.263 e. The van der Waals surface area contributed by atoms with Gasteiger partial charge in [-0.1, -0.05) is 36.4 Å². The van der Waals surface area contributed by atoms with E-state index in [1.807, 2.05) is 68.4 Å². The van der Waals surface area contributed by atoms with Crippen molar-refractivity contribution in [2.45, 2.75) is 26.8 Å². The van der Waals surface area contributed by atoms with Crippen LogP contribution in [0.25, 0.3) is 27.6 Å². The number of fused-ring (bicyclic) bond motifs is 1. The summed E-state index contributed by atoms with van der Waals surface area (Å²) >= 11 is 0. The van der Waals surface area contributed by atoms with Crippen molar-refractivity contribution in [3.63, 3.8) is 0 Å². The van der Waals surface area contributed by atoms with Crippen molar-refractivity contribution in [3.8, 4) is 16.8 Å². The maximum absolute atomic E-state index is 14.2. The second-order valence-corrected chi connectivity index (χ2v) is 8.63. The number of para-hydroxylation sites is 1. The van der Waals surface area contributed by atoms with E-state index in [1.165, 1.54) is 0 Å². The average Bonchev–Trinajstić information content (AvgIpc) is 2.87. The fourth-order valence-corrected chi connectivity index (χ4v) is 4.31. The van der Waals surface area contributed by atoms with Gasteiger partial charge in [0.15, 0.2) is 5.82 Å². The van der Waals surface area contributed by atoms with Crippen LogP contribution in [0, 0.1) is 13.8 Å². The molecule has 0 amide bonds. The number of nitrogens with one attached hydrogen (secondary N) is 1. The van der Waals surface area contributed by atoms with Crippen LogP contribution < -0.4 is 22.3 Å². The van der Waals surface area contributed by atoms with E-state index in [9.17, 15) is 4.79 Å². The van der Waals surface area contributed by atoms with Gasteiger partial charge < -0.3 is 16.8 Å². The molecule has 0 aliphatic rings. The third kappa shape index (κ3) is 4.11. The molecule has 2 aromatic carbocycles. The van der Waals surface area contributed by atoms with Crippen LogP contribution in [0.15, 0.2) is 71.8 Å². The van der Waals surface area contributed by atoms with Gasteiger partial charge in [-0.3, -0.25) is 9.36 Å². The molecule has 5 rings (SSSR count). The lowest BCUT2D eigenvalue weighted by Crippen LogP contribution is -2.26. The molecule has 1 atom stereocenters. The average molecular weight is 479 g/mol. The first-order valence-electron chi connectivity index (χ1n) is 11.5. The largest absolute Gasteiger partial charge is 0.394 e. The number of aryl methyl sites for hydroxylation is 2. The molecule has 0 aliphatic carbocycles. The Balaban J connectivity index is 1.74. The number of hydrogen-bond acceptors (Lipinski definition) is 8. The summed E-state index contributed by atoms with van der Waals surface area (Å²) in [6, 6.07) is 17.0. The molecule has 9 nitrogen and oxygen atoms in total. The highest BCUT2D eigenvalue weighted by atomic mass is 16.1. The van der Waals surface area contributed by atoms with Crippen molar-refractivity contribution in [3.05, 3.63) is 94.6 Å². The van der Waals surface area contributed by atoms with Crippen LogP contribution in [-0.4, -0.2) is 24.5 Å². The molecule has 180 valence electrons.